The number of phosphoric acid groups is 1. The van der Waals surface area contributed by atoms with Crippen molar-refractivity contribution in [2.24, 2.45) is 17.3 Å². The Morgan fingerprint density at radius 3 is 2.08 bits per heavy atom. The lowest BCUT2D eigenvalue weighted by atomic mass is 9.79. The number of methoxy groups -OCH3 is 2. The number of nitriles is 1. The lowest BCUT2D eigenvalue weighted by molar-refractivity contribution is -0.118. The number of benzene rings is 4. The Labute approximate surface area is 520 Å². The highest BCUT2D eigenvalue weighted by Crippen LogP contribution is 2.74. The Morgan fingerprint density at radius 1 is 0.844 bits per heavy atom. The Bertz CT molecular complexity index is 4000. The van der Waals surface area contributed by atoms with E-state index in [0.29, 0.717) is 46.6 Å². The number of H-pyrrole nitrogens is 1. The summed E-state index contributed by atoms with van der Waals surface area (Å²) < 4.78 is 90.8. The first-order valence-corrected chi connectivity index (χ1v) is 34.2. The summed E-state index contributed by atoms with van der Waals surface area (Å²) in [5.41, 5.74) is -0.378. The van der Waals surface area contributed by atoms with Gasteiger partial charge in [0.05, 0.1) is 64.7 Å². The van der Waals surface area contributed by atoms with E-state index in [1.165, 1.54) is 23.5 Å². The lowest BCUT2D eigenvalue weighted by Crippen LogP contribution is -2.50. The number of hydrogen-bond acceptors (Lipinski definition) is 18. The number of rotatable bonds is 24. The van der Waals surface area contributed by atoms with Crippen LogP contribution in [0.1, 0.15) is 100 Å². The molecular weight excluding hydrogens is 1190 g/mol. The molecule has 90 heavy (non-hydrogen) atoms. The zero-order valence-electron chi connectivity index (χ0n) is 51.7. The molecule has 3 fully saturated rings. The van der Waals surface area contributed by atoms with Crippen LogP contribution in [-0.4, -0.2) is 117 Å². The first kappa shape index (κ1) is 63.5. The van der Waals surface area contributed by atoms with Crippen molar-refractivity contribution in [3.8, 4) is 17.6 Å². The smallest absolute Gasteiger partial charge is 0.475 e. The van der Waals surface area contributed by atoms with E-state index in [-0.39, 0.29) is 64.0 Å². The molecule has 10 atom stereocenters. The molecular formula is C64H73FN11O12PSi. The van der Waals surface area contributed by atoms with Gasteiger partial charge in [-0.05, 0) is 90.0 Å². The average molecular weight is 1270 g/mol. The highest BCUT2D eigenvalue weighted by molar-refractivity contribution is 7.48. The number of ether oxygens (including phenoxy) is 4. The van der Waals surface area contributed by atoms with Crippen LogP contribution in [0.15, 0.2) is 133 Å². The molecule has 2 aliphatic carbocycles. The maximum atomic E-state index is 18.8. The second kappa shape index (κ2) is 25.3. The molecule has 23 nitrogen and oxygen atoms in total. The van der Waals surface area contributed by atoms with E-state index in [2.05, 4.69) is 75.5 Å². The van der Waals surface area contributed by atoms with Crippen LogP contribution >= 0.6 is 7.82 Å². The monoisotopic (exact) mass is 1270 g/mol. The maximum absolute atomic E-state index is 18.8. The van der Waals surface area contributed by atoms with Crippen molar-refractivity contribution in [2.45, 2.75) is 127 Å². The molecule has 4 aromatic carbocycles. The second-order valence-electron chi connectivity index (χ2n) is 24.6. The van der Waals surface area contributed by atoms with E-state index in [4.69, 9.17) is 41.9 Å². The number of phosphoric ester groups is 1. The number of nitrogens with one attached hydrogen (secondary N) is 3. The second-order valence-corrected chi connectivity index (χ2v) is 31.0. The van der Waals surface area contributed by atoms with Gasteiger partial charge in [0.1, 0.15) is 41.7 Å². The molecule has 0 spiro atoms. The van der Waals surface area contributed by atoms with Crippen LogP contribution in [0, 0.1) is 28.6 Å². The molecule has 472 valence electrons. The number of aromatic amines is 1. The molecule has 11 rings (SSSR count). The third-order valence-electron chi connectivity index (χ3n) is 18.0. The molecule has 26 heteroatoms. The molecule has 0 radical (unpaired) electrons. The highest BCUT2D eigenvalue weighted by atomic mass is 31.2. The van der Waals surface area contributed by atoms with Crippen molar-refractivity contribution >= 4 is 62.0 Å². The largest absolute Gasteiger partial charge is 0.497 e. The number of nitrogens with zero attached hydrogens (tertiary/aromatic N) is 8. The van der Waals surface area contributed by atoms with Crippen LogP contribution in [0.25, 0.3) is 22.3 Å². The molecule has 2 saturated carbocycles. The predicted molar refractivity (Wildman–Crippen MR) is 334 cm³/mol. The van der Waals surface area contributed by atoms with Crippen molar-refractivity contribution < 1.29 is 55.5 Å². The van der Waals surface area contributed by atoms with Gasteiger partial charge in [-0.3, -0.25) is 42.8 Å². The molecule has 3 aliphatic rings. The fourth-order valence-electron chi connectivity index (χ4n) is 12.0. The zero-order chi connectivity index (χ0) is 63.9. The molecule has 1 saturated heterocycles. The summed E-state index contributed by atoms with van der Waals surface area (Å²) in [5.74, 6) is -0.353. The molecule has 0 bridgehead atoms. The fraction of sp³-hybridized carbons (Fsp3) is 0.422. The number of anilines is 2. The van der Waals surface area contributed by atoms with Gasteiger partial charge in [0.2, 0.25) is 11.9 Å². The van der Waals surface area contributed by atoms with E-state index in [0.717, 1.165) is 0 Å². The first-order valence-electron chi connectivity index (χ1n) is 29.8. The molecule has 8 aromatic rings. The SMILES string of the molecule is CC[C@]12C[C@@H]1[C@@H](n1cnc3c(=O)[nH]c(NC(=O)C(C)C)nc31)[C@H](O[Si](C)(C)C(C)(C)C)[C@@H]2OP(=O)(OCCC#N)OC[C@H]1O[C@@H](n2cnc3c(NC(=O)c4ccccc4)ncnc32)[C@H](F)C1OC(c1ccccc1)(c1ccc(OC)cc1)c1ccc(OC)cc1. The zero-order valence-corrected chi connectivity index (χ0v) is 53.6. The first-order chi connectivity index (χ1) is 43.1. The number of carbonyl (C=O) groups excluding carboxylic acids is 2. The van der Waals surface area contributed by atoms with Gasteiger partial charge < -0.3 is 33.3 Å². The number of carbonyl (C=O) groups is 2. The average Bonchev–Trinajstić information content (AvgIpc) is 1.51. The number of amides is 2. The Morgan fingerprint density at radius 2 is 1.47 bits per heavy atom. The highest BCUT2D eigenvalue weighted by Gasteiger charge is 2.74. The summed E-state index contributed by atoms with van der Waals surface area (Å²) in [6.45, 7) is 14.8. The summed E-state index contributed by atoms with van der Waals surface area (Å²) in [6, 6.07) is 33.7. The Kier molecular flexibility index (Phi) is 17.9. The Hall–Kier alpha value is -8.05. The minimum Gasteiger partial charge on any atom is -0.497 e. The Balaban J connectivity index is 1.01. The van der Waals surface area contributed by atoms with E-state index in [1.54, 1.807) is 87.2 Å². The van der Waals surface area contributed by atoms with E-state index in [1.807, 2.05) is 61.5 Å². The van der Waals surface area contributed by atoms with Crippen molar-refractivity contribution in [3.63, 3.8) is 0 Å². The van der Waals surface area contributed by atoms with Gasteiger partial charge in [0.15, 0.2) is 48.9 Å². The fourth-order valence-corrected chi connectivity index (χ4v) is 14.8. The summed E-state index contributed by atoms with van der Waals surface area (Å²) in [6.07, 6.45) is -3.71. The normalized spacial score (nSPS) is 23.1. The van der Waals surface area contributed by atoms with Gasteiger partial charge in [0.25, 0.3) is 11.5 Å². The summed E-state index contributed by atoms with van der Waals surface area (Å²) in [4.78, 5) is 65.5. The number of imidazole rings is 2. The number of hydrogen-bond donors (Lipinski definition) is 3. The molecule has 3 N–H and O–H groups in total. The molecule has 1 aliphatic heterocycles. The van der Waals surface area contributed by atoms with Crippen molar-refractivity contribution in [1.29, 1.82) is 5.26 Å². The summed E-state index contributed by atoms with van der Waals surface area (Å²) in [5, 5.41) is 15.0. The minimum atomic E-state index is -4.93. The van der Waals surface area contributed by atoms with Crippen LogP contribution in [0.5, 0.6) is 11.5 Å². The van der Waals surface area contributed by atoms with Gasteiger partial charge in [-0.2, -0.15) is 10.2 Å². The molecule has 5 heterocycles. The van der Waals surface area contributed by atoms with Gasteiger partial charge in [-0.15, -0.1) is 0 Å². The molecule has 4 aromatic heterocycles. The topological polar surface area (TPSA) is 280 Å². The quantitative estimate of drug-likeness (QED) is 0.0219. The molecule has 2 unspecified atom stereocenters. The number of halogens is 1. The van der Waals surface area contributed by atoms with Gasteiger partial charge in [-0.1, -0.05) is 114 Å². The van der Waals surface area contributed by atoms with E-state index in [9.17, 15) is 19.6 Å². The standard InChI is InChI=1S/C64H73FN11O12PSi/c1-11-63-33-45(63)50(75-36-70-49-56(75)72-61(74-59(49)79)73-57(77)38(2)3)52(88-90(9,10)62(4,5)6)53(63)87-89(80,83-32-18-31-66)84-34-46-51(47(65)60(85-46)76-37-69-48-54(67-35-68-55(48)76)71-58(78)39-19-14-12-15-20-39)86-64(40-21-16-13-17-22-40,41-23-27-43(81-7)28-24-41)42-25-29-44(82-8)30-26-42/h12-17,19-30,35-38,45-47,50-53,60H,11,18,32-34H2,1-10H3,(H,67,68,71,78)(H2,72,73,74,77,79)/t45-,46-,47-,50-,51?,52+,53+,60-,63+,89?/m1/s1. The minimum absolute atomic E-state index is 0.0315. The van der Waals surface area contributed by atoms with Crippen molar-refractivity contribution in [2.75, 3.05) is 38.1 Å². The van der Waals surface area contributed by atoms with E-state index >= 15 is 8.96 Å². The lowest BCUT2D eigenvalue weighted by Gasteiger charge is -2.43. The van der Waals surface area contributed by atoms with Gasteiger partial charge >= 0.3 is 7.82 Å². The molecule has 2 amide bonds. The van der Waals surface area contributed by atoms with E-state index < -0.39 is 94.0 Å². The van der Waals surface area contributed by atoms with Crippen LogP contribution in [0.4, 0.5) is 16.2 Å². The number of alkyl halides is 1. The third-order valence-corrected chi connectivity index (χ3v) is 23.9. The predicted octanol–water partition coefficient (Wildman–Crippen LogP) is 11.2. The van der Waals surface area contributed by atoms with Crippen LogP contribution in [0.3, 0.4) is 0 Å². The van der Waals surface area contributed by atoms with Crippen LogP contribution in [0.2, 0.25) is 18.1 Å². The van der Waals surface area contributed by atoms with Crippen LogP contribution in [-0.2, 0) is 42.4 Å². The van der Waals surface area contributed by atoms with Gasteiger partial charge in [0, 0.05) is 16.9 Å². The van der Waals surface area contributed by atoms with Gasteiger partial charge in [-0.25, -0.2) is 28.9 Å². The number of fused-ring (bicyclic) bond motifs is 3. The third kappa shape index (κ3) is 12.0. The summed E-state index contributed by atoms with van der Waals surface area (Å²) >= 11 is 0. The van der Waals surface area contributed by atoms with Crippen molar-refractivity contribution in [3.05, 3.63) is 161 Å². The summed E-state index contributed by atoms with van der Waals surface area (Å²) in [7, 11) is -4.63. The van der Waals surface area contributed by atoms with Crippen molar-refractivity contribution in [1.82, 2.24) is 39.0 Å². The number of aromatic nitrogens is 8. The maximum Gasteiger partial charge on any atom is 0.475 e. The van der Waals surface area contributed by atoms with Crippen LogP contribution < -0.4 is 25.7 Å².